The summed E-state index contributed by atoms with van der Waals surface area (Å²) in [5.74, 6) is -0.128. The van der Waals surface area contributed by atoms with E-state index in [4.69, 9.17) is 0 Å². The van der Waals surface area contributed by atoms with Crippen molar-refractivity contribution in [2.75, 3.05) is 6.61 Å². The molecule has 0 saturated carbocycles. The van der Waals surface area contributed by atoms with E-state index in [1.165, 1.54) is 25.7 Å². The fraction of sp³-hybridized carbons (Fsp3) is 0.548. The second kappa shape index (κ2) is 36.5. The van der Waals surface area contributed by atoms with Gasteiger partial charge in [0.2, 0.25) is 5.91 Å². The van der Waals surface area contributed by atoms with E-state index in [1.54, 1.807) is 6.08 Å². The lowest BCUT2D eigenvalue weighted by molar-refractivity contribution is -0.123. The molecule has 1 amide bonds. The predicted octanol–water partition coefficient (Wildman–Crippen LogP) is 10.9. The molecule has 0 radical (unpaired) electrons. The van der Waals surface area contributed by atoms with Crippen LogP contribution in [0.3, 0.4) is 0 Å². The largest absolute Gasteiger partial charge is 0.394 e. The lowest BCUT2D eigenvalue weighted by atomic mass is 10.1. The number of rotatable bonds is 30. The smallest absolute Gasteiger partial charge is 0.220 e. The summed E-state index contributed by atoms with van der Waals surface area (Å²) in [5.41, 5.74) is 0. The zero-order valence-electron chi connectivity index (χ0n) is 29.3. The number of hydrogen-bond acceptors (Lipinski definition) is 3. The molecule has 4 nitrogen and oxygen atoms in total. The number of amides is 1. The summed E-state index contributed by atoms with van der Waals surface area (Å²) in [7, 11) is 0. The van der Waals surface area contributed by atoms with E-state index < -0.39 is 12.1 Å². The molecule has 4 heteroatoms. The van der Waals surface area contributed by atoms with Gasteiger partial charge in [-0.2, -0.15) is 0 Å². The third kappa shape index (κ3) is 32.4. The lowest BCUT2D eigenvalue weighted by Crippen LogP contribution is -2.45. The fourth-order valence-corrected chi connectivity index (χ4v) is 4.44. The SMILES string of the molecule is CC/C=C\C/C=C\C/C=C\C/C=C\C/C=C\C/C=C\CCCCC(=O)NC(CO)C(O)/C=C/CC/C=C/CC/C=C/CCCCC. The number of carbonyl (C=O) groups is 1. The standard InChI is InChI=1S/C42H67NO3/c1-3-5-7-9-11-13-15-17-18-19-20-21-22-23-24-26-28-30-32-34-36-38-42(46)43-40(39-44)41(45)37-35-33-31-29-27-25-16-14-12-10-8-6-4-2/h5,7,11-14,17-18,20-21,23-24,27-30,35,37,40-41,44-45H,3-4,6,8-10,15-16,19,22,25-26,31-34,36,38-39H2,1-2H3,(H,43,46)/b7-5-,13-11-,14-12+,18-17-,21-20-,24-23-,29-27+,30-28-,37-35+. The molecule has 0 aromatic heterocycles. The Labute approximate surface area is 283 Å². The Hall–Kier alpha value is -2.95. The highest BCUT2D eigenvalue weighted by Gasteiger charge is 2.17. The maximum Gasteiger partial charge on any atom is 0.220 e. The minimum atomic E-state index is -0.894. The average Bonchev–Trinajstić information content (AvgIpc) is 3.06. The van der Waals surface area contributed by atoms with E-state index >= 15 is 0 Å². The minimum Gasteiger partial charge on any atom is -0.394 e. The van der Waals surface area contributed by atoms with Crippen molar-refractivity contribution >= 4 is 5.91 Å². The molecule has 258 valence electrons. The molecule has 46 heavy (non-hydrogen) atoms. The molecule has 0 aliphatic heterocycles. The van der Waals surface area contributed by atoms with Crippen LogP contribution in [0.25, 0.3) is 0 Å². The van der Waals surface area contributed by atoms with Crippen LogP contribution in [0.1, 0.15) is 129 Å². The second-order valence-corrected chi connectivity index (χ2v) is 11.5. The van der Waals surface area contributed by atoms with Crippen LogP contribution in [-0.4, -0.2) is 34.9 Å². The highest BCUT2D eigenvalue weighted by molar-refractivity contribution is 5.76. The van der Waals surface area contributed by atoms with Crippen LogP contribution in [0.2, 0.25) is 0 Å². The van der Waals surface area contributed by atoms with Crippen molar-refractivity contribution in [1.29, 1.82) is 0 Å². The van der Waals surface area contributed by atoms with Crippen molar-refractivity contribution in [3.8, 4) is 0 Å². The van der Waals surface area contributed by atoms with Gasteiger partial charge in [0.15, 0.2) is 0 Å². The molecule has 0 rings (SSSR count). The van der Waals surface area contributed by atoms with Gasteiger partial charge in [-0.1, -0.05) is 136 Å². The first-order valence-electron chi connectivity index (χ1n) is 18.1. The zero-order chi connectivity index (χ0) is 33.6. The van der Waals surface area contributed by atoms with Gasteiger partial charge in [-0.3, -0.25) is 4.79 Å². The van der Waals surface area contributed by atoms with Gasteiger partial charge in [-0.15, -0.1) is 0 Å². The molecule has 0 bridgehead atoms. The molecule has 0 heterocycles. The van der Waals surface area contributed by atoms with Crippen LogP contribution < -0.4 is 5.32 Å². The highest BCUT2D eigenvalue weighted by Crippen LogP contribution is 2.06. The van der Waals surface area contributed by atoms with Crippen LogP contribution in [0.5, 0.6) is 0 Å². The van der Waals surface area contributed by atoms with Gasteiger partial charge in [0.1, 0.15) is 0 Å². The summed E-state index contributed by atoms with van der Waals surface area (Å²) in [5, 5.41) is 22.8. The third-order valence-electron chi connectivity index (χ3n) is 7.22. The summed E-state index contributed by atoms with van der Waals surface area (Å²) in [6.45, 7) is 4.09. The summed E-state index contributed by atoms with van der Waals surface area (Å²) in [4.78, 5) is 12.3. The average molecular weight is 634 g/mol. The molecule has 0 saturated heterocycles. The van der Waals surface area contributed by atoms with Crippen molar-refractivity contribution in [2.24, 2.45) is 0 Å². The first-order valence-corrected chi connectivity index (χ1v) is 18.1. The highest BCUT2D eigenvalue weighted by atomic mass is 16.3. The first-order chi connectivity index (χ1) is 22.7. The van der Waals surface area contributed by atoms with Crippen LogP contribution in [0.15, 0.2) is 109 Å². The maximum absolute atomic E-state index is 12.3. The molecule has 0 aromatic rings. The molecule has 0 aromatic carbocycles. The Morgan fingerprint density at radius 3 is 1.43 bits per heavy atom. The van der Waals surface area contributed by atoms with Gasteiger partial charge in [-0.25, -0.2) is 0 Å². The zero-order valence-corrected chi connectivity index (χ0v) is 29.3. The van der Waals surface area contributed by atoms with E-state index in [1.807, 2.05) is 6.08 Å². The number of aliphatic hydroxyl groups excluding tert-OH is 2. The lowest BCUT2D eigenvalue weighted by Gasteiger charge is -2.19. The Kier molecular flexibility index (Phi) is 34.2. The Morgan fingerprint density at radius 1 is 0.543 bits per heavy atom. The van der Waals surface area contributed by atoms with Crippen molar-refractivity contribution in [3.05, 3.63) is 109 Å². The normalized spacial score (nSPS) is 14.4. The predicted molar refractivity (Wildman–Crippen MR) is 202 cm³/mol. The molecule has 0 aliphatic rings. The Morgan fingerprint density at radius 2 is 0.957 bits per heavy atom. The summed E-state index contributed by atoms with van der Waals surface area (Å²) in [6.07, 6.45) is 56.0. The monoisotopic (exact) mass is 634 g/mol. The maximum atomic E-state index is 12.3. The summed E-state index contributed by atoms with van der Waals surface area (Å²) < 4.78 is 0. The second-order valence-electron chi connectivity index (χ2n) is 11.5. The van der Waals surface area contributed by atoms with Crippen LogP contribution >= 0.6 is 0 Å². The molecule has 0 fully saturated rings. The van der Waals surface area contributed by atoms with Crippen LogP contribution in [0.4, 0.5) is 0 Å². The van der Waals surface area contributed by atoms with Gasteiger partial charge in [0.25, 0.3) is 0 Å². The number of hydrogen-bond donors (Lipinski definition) is 3. The van der Waals surface area contributed by atoms with Crippen LogP contribution in [-0.2, 0) is 4.79 Å². The fourth-order valence-electron chi connectivity index (χ4n) is 4.44. The number of aliphatic hydroxyl groups is 2. The number of carbonyl (C=O) groups excluding carboxylic acids is 1. The first kappa shape index (κ1) is 43.0. The van der Waals surface area contributed by atoms with Crippen molar-refractivity contribution in [2.45, 2.75) is 142 Å². The quantitative estimate of drug-likeness (QED) is 0.0544. The molecular formula is C42H67NO3. The van der Waals surface area contributed by atoms with Crippen molar-refractivity contribution in [1.82, 2.24) is 5.32 Å². The van der Waals surface area contributed by atoms with Gasteiger partial charge < -0.3 is 15.5 Å². The molecule has 0 spiro atoms. The Balaban J connectivity index is 3.86. The Bertz CT molecular complexity index is 948. The van der Waals surface area contributed by atoms with E-state index in [-0.39, 0.29) is 12.5 Å². The van der Waals surface area contributed by atoms with Gasteiger partial charge in [-0.05, 0) is 96.3 Å². The number of unbranched alkanes of at least 4 members (excludes halogenated alkanes) is 7. The van der Waals surface area contributed by atoms with E-state index in [0.717, 1.165) is 83.5 Å². The summed E-state index contributed by atoms with van der Waals surface area (Å²) in [6, 6.07) is -0.674. The molecule has 0 aliphatic carbocycles. The van der Waals surface area contributed by atoms with Gasteiger partial charge in [0.05, 0.1) is 18.8 Å². The van der Waals surface area contributed by atoms with E-state index in [2.05, 4.69) is 116 Å². The molecule has 2 atom stereocenters. The topological polar surface area (TPSA) is 69.6 Å². The number of nitrogens with one attached hydrogen (secondary N) is 1. The van der Waals surface area contributed by atoms with Gasteiger partial charge in [0, 0.05) is 6.42 Å². The van der Waals surface area contributed by atoms with Gasteiger partial charge >= 0.3 is 0 Å². The third-order valence-corrected chi connectivity index (χ3v) is 7.22. The molecular weight excluding hydrogens is 566 g/mol. The van der Waals surface area contributed by atoms with Crippen molar-refractivity contribution < 1.29 is 15.0 Å². The summed E-state index contributed by atoms with van der Waals surface area (Å²) >= 11 is 0. The van der Waals surface area contributed by atoms with E-state index in [9.17, 15) is 15.0 Å². The molecule has 2 unspecified atom stereocenters. The van der Waals surface area contributed by atoms with E-state index in [0.29, 0.717) is 6.42 Å². The minimum absolute atomic E-state index is 0.128. The van der Waals surface area contributed by atoms with Crippen molar-refractivity contribution in [3.63, 3.8) is 0 Å². The van der Waals surface area contributed by atoms with Crippen LogP contribution in [0, 0.1) is 0 Å². The molecule has 3 N–H and O–H groups in total. The number of allylic oxidation sites excluding steroid dienone is 17.